The van der Waals surface area contributed by atoms with Gasteiger partial charge in [0.05, 0.1) is 0 Å². The van der Waals surface area contributed by atoms with Gasteiger partial charge in [0.25, 0.3) is 0 Å². The van der Waals surface area contributed by atoms with Crippen LogP contribution in [0, 0.1) is 22.5 Å². The van der Waals surface area contributed by atoms with Crippen molar-refractivity contribution in [2.24, 2.45) is 0 Å². The van der Waals surface area contributed by atoms with Crippen LogP contribution in [0.25, 0.3) is 10.9 Å². The number of carbonyl (C=O) groups is 1. The first kappa shape index (κ1) is 11.7. The second kappa shape index (κ2) is 4.25. The van der Waals surface area contributed by atoms with Crippen LogP contribution in [0.3, 0.4) is 0 Å². The van der Waals surface area contributed by atoms with E-state index in [9.17, 15) is 14.9 Å². The fraction of sp³-hybridized carbons (Fsp3) is 0. The van der Waals surface area contributed by atoms with E-state index in [0.717, 1.165) is 0 Å². The second-order valence-corrected chi connectivity index (χ2v) is 5.13. The van der Waals surface area contributed by atoms with Gasteiger partial charge in [0.15, 0.2) is 0 Å². The van der Waals surface area contributed by atoms with Gasteiger partial charge < -0.3 is 0 Å². The van der Waals surface area contributed by atoms with E-state index in [0.29, 0.717) is 37.0 Å². The molecule has 7 heteroatoms. The summed E-state index contributed by atoms with van der Waals surface area (Å²) in [6, 6.07) is 4.28. The van der Waals surface area contributed by atoms with Gasteiger partial charge in [-0.25, -0.2) is 0 Å². The van der Waals surface area contributed by atoms with Crippen molar-refractivity contribution in [3.63, 3.8) is 0 Å². The van der Waals surface area contributed by atoms with E-state index >= 15 is 0 Å². The Labute approximate surface area is 112 Å². The third kappa shape index (κ3) is 1.93. The average molecular weight is 419 g/mol. The molecular formula is C10H4N3O3Tl. The molecule has 0 saturated carbocycles. The summed E-state index contributed by atoms with van der Waals surface area (Å²) in [5.74, 6) is 1.41. The quantitative estimate of drug-likeness (QED) is 0.180. The monoisotopic (exact) mass is 419 g/mol. The van der Waals surface area contributed by atoms with Gasteiger partial charge in [0.1, 0.15) is 0 Å². The summed E-state index contributed by atoms with van der Waals surface area (Å²) in [5, 5.41) is 15.1. The number of carbonyl (C=O) groups excluding carboxylic acids is 1. The molecule has 1 heterocycles. The SMILES string of the molecule is C#CC(=O)c1n[n]([Tl])c2ccc([N+](=O)[O-])cc12. The molecule has 0 atom stereocenters. The van der Waals surface area contributed by atoms with Crippen LogP contribution in [0.1, 0.15) is 10.5 Å². The van der Waals surface area contributed by atoms with Gasteiger partial charge in [-0.15, -0.1) is 0 Å². The first-order chi connectivity index (χ1) is 8.04. The van der Waals surface area contributed by atoms with Crippen LogP contribution in [-0.2, 0) is 0 Å². The van der Waals surface area contributed by atoms with Crippen molar-refractivity contribution in [1.82, 2.24) is 7.59 Å². The molecule has 0 saturated heterocycles. The number of fused-ring (bicyclic) bond motifs is 1. The molecule has 17 heavy (non-hydrogen) atoms. The summed E-state index contributed by atoms with van der Waals surface area (Å²) in [6.07, 6.45) is 5.03. The molecule has 6 nitrogen and oxygen atoms in total. The van der Waals surface area contributed by atoms with E-state index < -0.39 is 10.7 Å². The van der Waals surface area contributed by atoms with E-state index in [1.54, 1.807) is 8.56 Å². The third-order valence-corrected chi connectivity index (χ3v) is 3.78. The molecule has 0 N–H and O–H groups in total. The van der Waals surface area contributed by atoms with Crippen LogP contribution in [0.4, 0.5) is 5.69 Å². The molecule has 0 aliphatic carbocycles. The first-order valence-electron chi connectivity index (χ1n) is 4.48. The Kier molecular flexibility index (Phi) is 2.93. The van der Waals surface area contributed by atoms with Gasteiger partial charge in [-0.3, -0.25) is 0 Å². The maximum absolute atomic E-state index is 11.5. The molecule has 1 aromatic heterocycles. The standard InChI is InChI=1S/C10H5N3O3.Tl/c1-2-9(14)10-7-5-6(13(15)16)3-4-8(7)11-12-10;/h1,3-5H,(H,11,12,14);/q;+1/p-1. The van der Waals surface area contributed by atoms with Gasteiger partial charge in [-0.05, 0) is 0 Å². The Hall–Kier alpha value is -1.76. The predicted molar refractivity (Wildman–Crippen MR) is 60.7 cm³/mol. The van der Waals surface area contributed by atoms with Crippen molar-refractivity contribution >= 4 is 48.4 Å². The molecule has 80 valence electrons. The summed E-state index contributed by atoms with van der Waals surface area (Å²) in [6.45, 7) is 0. The van der Waals surface area contributed by atoms with Crippen LogP contribution in [0.5, 0.6) is 0 Å². The Balaban J connectivity index is 2.78. The number of nitro benzene ring substituents is 1. The molecule has 2 rings (SSSR count). The Morgan fingerprint density at radius 3 is 2.88 bits per heavy atom. The third-order valence-electron chi connectivity index (χ3n) is 2.25. The predicted octanol–water partition coefficient (Wildman–Crippen LogP) is 0.692. The van der Waals surface area contributed by atoms with Crippen molar-refractivity contribution in [2.45, 2.75) is 0 Å². The molecule has 0 unspecified atom stereocenters. The molecule has 0 aliphatic rings. The number of ketones is 1. The van der Waals surface area contributed by atoms with Crippen molar-refractivity contribution < 1.29 is 9.72 Å². The van der Waals surface area contributed by atoms with E-state index in [1.807, 2.05) is 5.92 Å². The number of benzene rings is 1. The van der Waals surface area contributed by atoms with Crippen LogP contribution < -0.4 is 0 Å². The number of hydrogen-bond donors (Lipinski definition) is 0. The van der Waals surface area contributed by atoms with Gasteiger partial charge in [0.2, 0.25) is 0 Å². The Morgan fingerprint density at radius 2 is 2.29 bits per heavy atom. The van der Waals surface area contributed by atoms with Crippen molar-refractivity contribution in [2.75, 3.05) is 0 Å². The first-order valence-corrected chi connectivity index (χ1v) is 6.48. The van der Waals surface area contributed by atoms with Crippen molar-refractivity contribution in [3.8, 4) is 12.3 Å². The number of hydrogen-bond acceptors (Lipinski definition) is 4. The van der Waals surface area contributed by atoms with Gasteiger partial charge in [-0.2, -0.15) is 0 Å². The number of non-ortho nitro benzene ring substituents is 1. The average Bonchev–Trinajstić information content (AvgIpc) is 2.65. The van der Waals surface area contributed by atoms with Gasteiger partial charge in [-0.1, -0.05) is 0 Å². The molecule has 0 fully saturated rings. The topological polar surface area (TPSA) is 78.0 Å². The molecule has 0 spiro atoms. The van der Waals surface area contributed by atoms with Gasteiger partial charge in [0, 0.05) is 0 Å². The summed E-state index contributed by atoms with van der Waals surface area (Å²) in [4.78, 5) is 21.6. The fourth-order valence-electron chi connectivity index (χ4n) is 1.48. The molecule has 2 aromatic rings. The zero-order valence-electron chi connectivity index (χ0n) is 8.45. The molecular weight excluding hydrogens is 415 g/mol. The van der Waals surface area contributed by atoms with E-state index in [4.69, 9.17) is 6.42 Å². The van der Waals surface area contributed by atoms with Crippen molar-refractivity contribution in [1.29, 1.82) is 0 Å². The molecule has 0 bridgehead atoms. The van der Waals surface area contributed by atoms with E-state index in [2.05, 4.69) is 5.10 Å². The fourth-order valence-corrected chi connectivity index (χ4v) is 2.80. The van der Waals surface area contributed by atoms with Crippen molar-refractivity contribution in [3.05, 3.63) is 34.0 Å². The van der Waals surface area contributed by atoms with Crippen LogP contribution >= 0.6 is 0 Å². The number of Topliss-reactive ketones (excluding diaryl/α,β-unsaturated/α-hetero) is 1. The van der Waals surface area contributed by atoms with E-state index in [1.165, 1.54) is 12.1 Å². The summed E-state index contributed by atoms with van der Waals surface area (Å²) in [7, 11) is 0. The van der Waals surface area contributed by atoms with Crippen LogP contribution in [0.15, 0.2) is 18.2 Å². The summed E-state index contributed by atoms with van der Waals surface area (Å²) >= 11 is 0.350. The molecule has 0 amide bonds. The number of terminal acetylenes is 1. The van der Waals surface area contributed by atoms with Crippen LogP contribution in [0.2, 0.25) is 0 Å². The summed E-state index contributed by atoms with van der Waals surface area (Å²) < 4.78 is 1.63. The number of rotatable bonds is 2. The number of nitro groups is 1. The number of nitrogens with zero attached hydrogens (tertiary/aromatic N) is 3. The maximum atomic E-state index is 11.5. The zero-order valence-corrected chi connectivity index (χ0v) is 12.9. The zero-order chi connectivity index (χ0) is 12.6. The molecule has 0 radical (unpaired) electrons. The molecule has 1 aromatic carbocycles. The van der Waals surface area contributed by atoms with E-state index in [-0.39, 0.29) is 11.4 Å². The second-order valence-electron chi connectivity index (χ2n) is 3.23. The minimum absolute atomic E-state index is 0.0819. The van der Waals surface area contributed by atoms with Gasteiger partial charge >= 0.3 is 112 Å². The minimum atomic E-state index is -0.560. The normalized spacial score (nSPS) is 10.0. The Bertz CT molecular complexity index is 684. The van der Waals surface area contributed by atoms with Crippen LogP contribution in [-0.4, -0.2) is 44.4 Å². The summed E-state index contributed by atoms with van der Waals surface area (Å²) in [5.41, 5.74) is 0.717. The Morgan fingerprint density at radius 1 is 1.59 bits per heavy atom. The molecule has 0 aliphatic heterocycles. The number of aromatic nitrogens is 2.